The zero-order chi connectivity index (χ0) is 24.3. The van der Waals surface area contributed by atoms with Crippen LogP contribution in [-0.4, -0.2) is 60.7 Å². The summed E-state index contributed by atoms with van der Waals surface area (Å²) >= 11 is 0. The van der Waals surface area contributed by atoms with Crippen molar-refractivity contribution in [3.05, 3.63) is 71.6 Å². The van der Waals surface area contributed by atoms with E-state index in [2.05, 4.69) is 46.4 Å². The Bertz CT molecular complexity index is 1420. The van der Waals surface area contributed by atoms with Crippen molar-refractivity contribution in [2.45, 2.75) is 48.3 Å². The largest absolute Gasteiger partial charge is 0.493 e. The van der Waals surface area contributed by atoms with Crippen LogP contribution in [0.3, 0.4) is 0 Å². The number of ether oxygens (including phenoxy) is 3. The number of benzene rings is 2. The minimum absolute atomic E-state index is 0.119. The molecule has 0 N–H and O–H groups in total. The molecule has 2 aliphatic heterocycles. The first-order valence-corrected chi connectivity index (χ1v) is 12.8. The third-order valence-electron chi connectivity index (χ3n) is 10.0. The number of fused-ring (bicyclic) bond motifs is 1. The van der Waals surface area contributed by atoms with Crippen molar-refractivity contribution in [1.82, 2.24) is 15.1 Å². The molecule has 7 nitrogen and oxygen atoms in total. The topological polar surface area (TPSA) is 69.8 Å². The van der Waals surface area contributed by atoms with Gasteiger partial charge in [-0.3, -0.25) is 0 Å². The lowest BCUT2D eigenvalue weighted by molar-refractivity contribution is -0.200. The van der Waals surface area contributed by atoms with Gasteiger partial charge in [-0.05, 0) is 56.6 Å². The van der Waals surface area contributed by atoms with Crippen molar-refractivity contribution in [1.29, 1.82) is 0 Å². The van der Waals surface area contributed by atoms with Gasteiger partial charge in [-0.1, -0.05) is 36.4 Å². The van der Waals surface area contributed by atoms with Crippen LogP contribution in [0.25, 0.3) is 11.5 Å². The molecule has 3 heterocycles. The second kappa shape index (κ2) is 6.78. The average molecular weight is 484 g/mol. The molecule has 0 unspecified atom stereocenters. The fourth-order valence-electron chi connectivity index (χ4n) is 8.56. The molecule has 0 radical (unpaired) electrons. The molecule has 1 aromatic heterocycles. The molecular weight excluding hydrogens is 454 g/mol. The summed E-state index contributed by atoms with van der Waals surface area (Å²) in [6.07, 6.45) is 7.38. The van der Waals surface area contributed by atoms with Crippen molar-refractivity contribution in [3.8, 4) is 23.0 Å². The lowest BCUT2D eigenvalue weighted by Gasteiger charge is -2.70. The Balaban J connectivity index is 1.35. The van der Waals surface area contributed by atoms with Gasteiger partial charge in [0.2, 0.25) is 11.8 Å². The second-order valence-corrected chi connectivity index (χ2v) is 11.1. The van der Waals surface area contributed by atoms with E-state index in [1.807, 2.05) is 30.3 Å². The molecule has 6 aliphatic rings. The van der Waals surface area contributed by atoms with Crippen LogP contribution in [0, 0.1) is 5.41 Å². The number of rotatable bonds is 4. The van der Waals surface area contributed by atoms with Crippen LogP contribution in [0.4, 0.5) is 0 Å². The molecule has 1 saturated heterocycles. The van der Waals surface area contributed by atoms with Crippen molar-refractivity contribution in [2.24, 2.45) is 5.41 Å². The summed E-state index contributed by atoms with van der Waals surface area (Å²) in [6.45, 7) is 1.03. The van der Waals surface area contributed by atoms with Crippen LogP contribution in [-0.2, 0) is 16.6 Å². The Hall–Kier alpha value is -3.16. The zero-order valence-corrected chi connectivity index (χ0v) is 20.7. The van der Waals surface area contributed by atoms with Gasteiger partial charge >= 0.3 is 0 Å². The second-order valence-electron chi connectivity index (χ2n) is 11.1. The van der Waals surface area contributed by atoms with Crippen LogP contribution in [0.2, 0.25) is 0 Å². The van der Waals surface area contributed by atoms with E-state index in [0.717, 1.165) is 42.9 Å². The molecule has 184 valence electrons. The molecule has 36 heavy (non-hydrogen) atoms. The number of nitrogens with zero attached hydrogens (tertiary/aromatic N) is 3. The third-order valence-corrected chi connectivity index (χ3v) is 10.0. The highest BCUT2D eigenvalue weighted by atomic mass is 16.6. The third kappa shape index (κ3) is 2.16. The van der Waals surface area contributed by atoms with Crippen LogP contribution in [0.15, 0.2) is 59.0 Å². The maximum Gasteiger partial charge on any atom is 0.247 e. The maximum atomic E-state index is 6.99. The Morgan fingerprint density at radius 2 is 1.92 bits per heavy atom. The lowest BCUT2D eigenvalue weighted by Crippen LogP contribution is -2.78. The summed E-state index contributed by atoms with van der Waals surface area (Å²) in [5.41, 5.74) is 2.62. The van der Waals surface area contributed by atoms with Crippen molar-refractivity contribution in [3.63, 3.8) is 0 Å². The Morgan fingerprint density at radius 3 is 2.72 bits per heavy atom. The predicted octanol–water partition coefficient (Wildman–Crippen LogP) is 4.13. The molecule has 9 rings (SSSR count). The highest BCUT2D eigenvalue weighted by Gasteiger charge is 2.79. The Kier molecular flexibility index (Phi) is 3.95. The van der Waals surface area contributed by atoms with E-state index in [9.17, 15) is 0 Å². The molecule has 4 bridgehead atoms. The first kappa shape index (κ1) is 21.0. The number of hydrogen-bond donors (Lipinski definition) is 0. The molecule has 2 aromatic carbocycles. The summed E-state index contributed by atoms with van der Waals surface area (Å²) in [4.78, 5) is 2.54. The molecule has 2 spiro atoms. The van der Waals surface area contributed by atoms with E-state index in [1.165, 1.54) is 11.1 Å². The summed E-state index contributed by atoms with van der Waals surface area (Å²) in [5, 5.41) is 9.03. The van der Waals surface area contributed by atoms with Gasteiger partial charge in [0.05, 0.1) is 18.4 Å². The van der Waals surface area contributed by atoms with Gasteiger partial charge in [-0.2, -0.15) is 0 Å². The van der Waals surface area contributed by atoms with Crippen LogP contribution < -0.4 is 9.47 Å². The SMILES string of the molecule is COc1ccc2c3c1O[C@H]1[C@@]4(OC)C=C[C@@]5(C[C@@H]4c4nnc(-c6ccccc6)o4)[C@@H](C2)N(C)CC[C@]315. The maximum absolute atomic E-state index is 6.99. The standard InChI is InChI=1S/C29H29N3O4/c1-32-14-13-28-22-18-9-10-20(33-2)23(22)35-26(28)29(34-3)12-11-27(28,21(32)15-18)16-19(29)25-31-30-24(36-25)17-7-5-4-6-8-17/h4-12,19,21,26H,13-16H2,1-3H3/t19-,21-,26-,27-,28+,29-/m1/s1. The molecule has 3 aromatic rings. The normalized spacial score (nSPS) is 37.0. The molecule has 0 amide bonds. The first-order valence-electron chi connectivity index (χ1n) is 12.8. The first-order chi connectivity index (χ1) is 17.6. The van der Waals surface area contributed by atoms with Gasteiger partial charge in [0, 0.05) is 29.7 Å². The van der Waals surface area contributed by atoms with Crippen LogP contribution in [0.5, 0.6) is 11.5 Å². The molecule has 2 fully saturated rings. The molecule has 6 atom stereocenters. The van der Waals surface area contributed by atoms with Gasteiger partial charge < -0.3 is 23.5 Å². The van der Waals surface area contributed by atoms with E-state index >= 15 is 0 Å². The quantitative estimate of drug-likeness (QED) is 0.517. The average Bonchev–Trinajstić information content (AvgIpc) is 3.55. The van der Waals surface area contributed by atoms with Crippen molar-refractivity contribution >= 4 is 0 Å². The number of likely N-dealkylation sites (N-methyl/N-ethyl adjacent to an activating group) is 1. The molecule has 7 heteroatoms. The minimum Gasteiger partial charge on any atom is -0.493 e. The monoisotopic (exact) mass is 483 g/mol. The van der Waals surface area contributed by atoms with Crippen molar-refractivity contribution in [2.75, 3.05) is 27.8 Å². The summed E-state index contributed by atoms with van der Waals surface area (Å²) in [7, 11) is 5.78. The van der Waals surface area contributed by atoms with E-state index in [-0.39, 0.29) is 22.9 Å². The number of piperidine rings is 1. The highest BCUT2D eigenvalue weighted by Crippen LogP contribution is 2.75. The fourth-order valence-corrected chi connectivity index (χ4v) is 8.56. The Morgan fingerprint density at radius 1 is 1.06 bits per heavy atom. The molecule has 1 saturated carbocycles. The molecule has 4 aliphatic carbocycles. The number of likely N-dealkylation sites (tertiary alicyclic amines) is 1. The van der Waals surface area contributed by atoms with Crippen LogP contribution >= 0.6 is 0 Å². The number of methoxy groups -OCH3 is 2. The summed E-state index contributed by atoms with van der Waals surface area (Å²) in [6, 6.07) is 14.6. The highest BCUT2D eigenvalue weighted by molar-refractivity contribution is 5.66. The van der Waals surface area contributed by atoms with Gasteiger partial charge in [0.15, 0.2) is 11.5 Å². The van der Waals surface area contributed by atoms with Gasteiger partial charge in [-0.15, -0.1) is 10.2 Å². The van der Waals surface area contributed by atoms with Gasteiger partial charge in [0.25, 0.3) is 0 Å². The van der Waals surface area contributed by atoms with Gasteiger partial charge in [0.1, 0.15) is 11.7 Å². The van der Waals surface area contributed by atoms with Gasteiger partial charge in [-0.25, -0.2) is 0 Å². The Labute approximate surface area is 210 Å². The predicted molar refractivity (Wildman–Crippen MR) is 132 cm³/mol. The van der Waals surface area contributed by atoms with Crippen LogP contribution in [0.1, 0.15) is 35.8 Å². The number of aromatic nitrogens is 2. The van der Waals surface area contributed by atoms with E-state index < -0.39 is 5.60 Å². The van der Waals surface area contributed by atoms with E-state index in [1.54, 1.807) is 14.2 Å². The van der Waals surface area contributed by atoms with E-state index in [4.69, 9.17) is 18.6 Å². The minimum atomic E-state index is -0.721. The lowest BCUT2D eigenvalue weighted by atomic mass is 9.37. The molecular formula is C29H29N3O4. The fraction of sp³-hybridized carbons (Fsp3) is 0.448. The number of hydrogen-bond acceptors (Lipinski definition) is 7. The zero-order valence-electron chi connectivity index (χ0n) is 20.7. The summed E-state index contributed by atoms with van der Waals surface area (Å²) in [5.74, 6) is 2.74. The summed E-state index contributed by atoms with van der Waals surface area (Å²) < 4.78 is 25.7. The van der Waals surface area contributed by atoms with E-state index in [0.29, 0.717) is 17.8 Å². The van der Waals surface area contributed by atoms with Crippen molar-refractivity contribution < 1.29 is 18.6 Å². The smallest absolute Gasteiger partial charge is 0.247 e.